The summed E-state index contributed by atoms with van der Waals surface area (Å²) in [6.07, 6.45) is 2.00. The average molecular weight is 1210 g/mol. The molecule has 0 atom stereocenters. The van der Waals surface area contributed by atoms with Crippen molar-refractivity contribution in [3.63, 3.8) is 0 Å². The molecule has 11 rings (SSSR count). The maximum Gasteiger partial charge on any atom is 0.0799 e. The normalized spacial score (nSPS) is 12.4. The zero-order chi connectivity index (χ0) is 54.0. The summed E-state index contributed by atoms with van der Waals surface area (Å²) in [6.45, 7) is 31.4. The monoisotopic (exact) mass is 1210 g/mol. The van der Waals surface area contributed by atoms with Gasteiger partial charge < -0.3 is 9.55 Å². The molecule has 0 spiro atoms. The van der Waals surface area contributed by atoms with E-state index in [1.807, 2.05) is 49.6 Å². The Morgan fingerprint density at radius 2 is 1.28 bits per heavy atom. The van der Waals surface area contributed by atoms with E-state index >= 15 is 0 Å². The third-order valence-corrected chi connectivity index (χ3v) is 17.9. The Hall–Kier alpha value is -6.27. The standard InChI is InChI=1S/C49H47N2S.C21H24NSi.Ir/c1-29(2)40-27-37(49(7,8)9)28-41(30(3)4)46(40)51-44-19-11-10-18-43(44)50-48(51)39-17-13-16-38-42-26-35(20-21-45(42)52-47(38)39)33-14-12-15-34(25-33)36-23-31(5)22-32(6)24-36;1-15(2)19-13-20(22-14-21(19)23(3,4)5)18-11-10-16-8-6-7-9-17(16)12-18;/h10-16,18-30H,1-9H3;6-10,12-15H,1-5H3;/q2*-1;/i;15D;. The number of imidazole rings is 1. The summed E-state index contributed by atoms with van der Waals surface area (Å²) in [5.41, 5.74) is 19.1. The maximum atomic E-state index is 8.57. The number of benzene rings is 8. The summed E-state index contributed by atoms with van der Waals surface area (Å²) >= 11 is 1.85. The van der Waals surface area contributed by atoms with Crippen molar-refractivity contribution in [3.8, 4) is 50.6 Å². The number of pyridine rings is 1. The predicted octanol–water partition coefficient (Wildman–Crippen LogP) is 19.7. The zero-order valence-electron chi connectivity index (χ0n) is 47.7. The second-order valence-electron chi connectivity index (χ2n) is 23.5. The van der Waals surface area contributed by atoms with Crippen molar-refractivity contribution < 1.29 is 21.5 Å². The number of aryl methyl sites for hydroxylation is 2. The van der Waals surface area contributed by atoms with Crippen LogP contribution in [0.5, 0.6) is 0 Å². The van der Waals surface area contributed by atoms with Crippen LogP contribution < -0.4 is 5.19 Å². The molecule has 0 N–H and O–H groups in total. The van der Waals surface area contributed by atoms with Crippen LogP contribution in [0.15, 0.2) is 158 Å². The molecule has 0 aliphatic heterocycles. The van der Waals surface area contributed by atoms with Crippen LogP contribution >= 0.6 is 11.3 Å². The van der Waals surface area contributed by atoms with Gasteiger partial charge in [-0.1, -0.05) is 212 Å². The predicted molar refractivity (Wildman–Crippen MR) is 329 cm³/mol. The number of nitrogens with zero attached hydrogens (tertiary/aromatic N) is 3. The molecule has 0 aliphatic rings. The van der Waals surface area contributed by atoms with E-state index in [2.05, 4.69) is 232 Å². The Balaban J connectivity index is 0.000000242. The molecule has 0 amide bonds. The van der Waals surface area contributed by atoms with Crippen LogP contribution in [0.25, 0.3) is 92.6 Å². The Kier molecular flexibility index (Phi) is 15.1. The molecular weight excluding hydrogens is 1140 g/mol. The van der Waals surface area contributed by atoms with E-state index < -0.39 is 14.0 Å². The fourth-order valence-electron chi connectivity index (χ4n) is 10.7. The molecule has 387 valence electrons. The van der Waals surface area contributed by atoms with Gasteiger partial charge >= 0.3 is 0 Å². The third-order valence-electron chi connectivity index (χ3n) is 14.7. The molecule has 0 bridgehead atoms. The van der Waals surface area contributed by atoms with Gasteiger partial charge in [0.25, 0.3) is 0 Å². The maximum absolute atomic E-state index is 8.57. The van der Waals surface area contributed by atoms with Gasteiger partial charge in [0.2, 0.25) is 0 Å². The minimum atomic E-state index is -1.55. The SMILES string of the molecule is Cc1cc(C)cc(-c2cccc(-c3ccc4sc5c(-c6nc7ccccc7n6-c6c(C(C)C)cc(C(C)(C)C)cc6C(C)C)[c-]ccc5c4c3)c2)c1.[2H]C(C)(C)c1cc(-c2[c-]cc3ccccc3c2)ncc1[Si](C)(C)C.[Ir]. The first kappa shape index (κ1) is 53.1. The van der Waals surface area contributed by atoms with Crippen LogP contribution in [-0.4, -0.2) is 22.6 Å². The second-order valence-corrected chi connectivity index (χ2v) is 29.6. The molecule has 11 aromatic rings. The van der Waals surface area contributed by atoms with E-state index in [-0.39, 0.29) is 25.5 Å². The van der Waals surface area contributed by atoms with Crippen molar-refractivity contribution in [2.45, 2.75) is 119 Å². The summed E-state index contributed by atoms with van der Waals surface area (Å²) < 4.78 is 13.5. The summed E-state index contributed by atoms with van der Waals surface area (Å²) in [5, 5.41) is 6.16. The Labute approximate surface area is 472 Å². The Morgan fingerprint density at radius 1 is 0.632 bits per heavy atom. The third kappa shape index (κ3) is 10.8. The van der Waals surface area contributed by atoms with Gasteiger partial charge in [0.05, 0.1) is 24.9 Å². The molecule has 3 nitrogen and oxygen atoms in total. The number of hydrogen-bond acceptors (Lipinski definition) is 3. The fraction of sp³-hybridized carbons (Fsp3) is 0.257. The van der Waals surface area contributed by atoms with E-state index in [9.17, 15) is 0 Å². The number of para-hydroxylation sites is 2. The van der Waals surface area contributed by atoms with Crippen molar-refractivity contribution in [2.24, 2.45) is 0 Å². The number of aromatic nitrogens is 3. The molecular formula is C70H71IrN3SSi-2. The average Bonchev–Trinajstić information content (AvgIpc) is 4.01. The van der Waals surface area contributed by atoms with E-state index in [1.54, 1.807) is 0 Å². The summed E-state index contributed by atoms with van der Waals surface area (Å²) in [5.74, 6) is 0.982. The van der Waals surface area contributed by atoms with Gasteiger partial charge in [-0.05, 0) is 127 Å². The van der Waals surface area contributed by atoms with Crippen molar-refractivity contribution in [1.29, 1.82) is 0 Å². The molecule has 1 radical (unpaired) electrons. The molecule has 0 saturated carbocycles. The Bertz CT molecular complexity index is 3940. The molecule has 3 aromatic heterocycles. The van der Waals surface area contributed by atoms with Crippen LogP contribution in [0.4, 0.5) is 0 Å². The minimum absolute atomic E-state index is 0. The van der Waals surface area contributed by atoms with Gasteiger partial charge in [0, 0.05) is 38.1 Å². The number of rotatable bonds is 9. The molecule has 6 heteroatoms. The van der Waals surface area contributed by atoms with Crippen LogP contribution in [0.2, 0.25) is 19.6 Å². The molecule has 76 heavy (non-hydrogen) atoms. The fourth-order valence-corrected chi connectivity index (χ4v) is 13.4. The van der Waals surface area contributed by atoms with Crippen LogP contribution in [0, 0.1) is 26.0 Å². The van der Waals surface area contributed by atoms with Gasteiger partial charge in [-0.3, -0.25) is 4.98 Å². The Morgan fingerprint density at radius 3 is 1.93 bits per heavy atom. The number of hydrogen-bond donors (Lipinski definition) is 0. The first-order chi connectivity index (χ1) is 36.0. The smallest absolute Gasteiger partial charge is 0.0799 e. The van der Waals surface area contributed by atoms with Crippen molar-refractivity contribution in [2.75, 3.05) is 0 Å². The molecule has 0 aliphatic carbocycles. The van der Waals surface area contributed by atoms with Crippen molar-refractivity contribution in [1.82, 2.24) is 14.5 Å². The molecule has 0 saturated heterocycles. The van der Waals surface area contributed by atoms with Crippen LogP contribution in [-0.2, 0) is 25.5 Å². The zero-order valence-corrected chi connectivity index (χ0v) is 51.0. The van der Waals surface area contributed by atoms with E-state index in [0.717, 1.165) is 39.2 Å². The van der Waals surface area contributed by atoms with Crippen molar-refractivity contribution in [3.05, 3.63) is 203 Å². The van der Waals surface area contributed by atoms with E-state index in [0.29, 0.717) is 11.8 Å². The number of thiophene rings is 1. The van der Waals surface area contributed by atoms with E-state index in [4.69, 9.17) is 11.3 Å². The first-order valence-electron chi connectivity index (χ1n) is 27.2. The van der Waals surface area contributed by atoms with Gasteiger partial charge in [-0.15, -0.1) is 47.3 Å². The van der Waals surface area contributed by atoms with Crippen LogP contribution in [0.3, 0.4) is 0 Å². The molecule has 0 unspecified atom stereocenters. The largest absolute Gasteiger partial charge is 0.333 e. The van der Waals surface area contributed by atoms with E-state index in [1.165, 1.54) is 91.9 Å². The first-order valence-corrected chi connectivity index (χ1v) is 31.0. The quantitative estimate of drug-likeness (QED) is 0.107. The minimum Gasteiger partial charge on any atom is -0.333 e. The van der Waals surface area contributed by atoms with Gasteiger partial charge in [-0.25, -0.2) is 0 Å². The van der Waals surface area contributed by atoms with Crippen LogP contribution in [0.1, 0.15) is 115 Å². The summed E-state index contributed by atoms with van der Waals surface area (Å²) in [6, 6.07) is 62.1. The van der Waals surface area contributed by atoms with Gasteiger partial charge in [-0.2, -0.15) is 11.3 Å². The molecule has 3 heterocycles. The second kappa shape index (κ2) is 21.6. The summed E-state index contributed by atoms with van der Waals surface area (Å²) in [4.78, 5) is 10.1. The number of fused-ring (bicyclic) bond motifs is 5. The van der Waals surface area contributed by atoms with Gasteiger partial charge in [0.15, 0.2) is 0 Å². The molecule has 8 aromatic carbocycles. The van der Waals surface area contributed by atoms with Gasteiger partial charge in [0.1, 0.15) is 0 Å². The van der Waals surface area contributed by atoms with Crippen molar-refractivity contribution >= 4 is 66.6 Å². The molecule has 0 fully saturated rings. The topological polar surface area (TPSA) is 30.7 Å². The summed E-state index contributed by atoms with van der Waals surface area (Å²) in [7, 11) is -1.55.